The van der Waals surface area contributed by atoms with Gasteiger partial charge in [0, 0.05) is 0 Å². The Morgan fingerprint density at radius 2 is 2.29 bits per heavy atom. The van der Waals surface area contributed by atoms with Crippen LogP contribution in [0.3, 0.4) is 0 Å². The second kappa shape index (κ2) is 2.83. The first-order valence-electron chi connectivity index (χ1n) is 5.48. The molecule has 1 aliphatic heterocycles. The van der Waals surface area contributed by atoms with E-state index in [2.05, 4.69) is 6.58 Å². The van der Waals surface area contributed by atoms with E-state index in [-0.39, 0.29) is 11.7 Å². The van der Waals surface area contributed by atoms with Crippen molar-refractivity contribution in [2.45, 2.75) is 57.3 Å². The topological polar surface area (TPSA) is 32.8 Å². The zero-order valence-corrected chi connectivity index (χ0v) is 9.34. The molecular formula is C12H20O2. The maximum Gasteiger partial charge on any atom is 0.120 e. The molecule has 2 heteroatoms. The van der Waals surface area contributed by atoms with Crippen LogP contribution in [0.25, 0.3) is 0 Å². The van der Waals surface area contributed by atoms with Gasteiger partial charge in [-0.2, -0.15) is 0 Å². The summed E-state index contributed by atoms with van der Waals surface area (Å²) in [5.74, 6) is 0.431. The van der Waals surface area contributed by atoms with Crippen LogP contribution in [0.4, 0.5) is 0 Å². The second-order valence-corrected chi connectivity index (χ2v) is 5.08. The third kappa shape index (κ3) is 1.17. The van der Waals surface area contributed by atoms with Crippen molar-refractivity contribution in [2.24, 2.45) is 5.92 Å². The molecule has 0 radical (unpaired) electrons. The average molecular weight is 196 g/mol. The highest BCUT2D eigenvalue weighted by Crippen LogP contribution is 2.57. The van der Waals surface area contributed by atoms with Gasteiger partial charge in [-0.1, -0.05) is 19.1 Å². The van der Waals surface area contributed by atoms with E-state index in [4.69, 9.17) is 4.74 Å². The third-order valence-electron chi connectivity index (χ3n) is 4.23. The van der Waals surface area contributed by atoms with Crippen LogP contribution in [0.1, 0.15) is 40.0 Å². The van der Waals surface area contributed by atoms with Gasteiger partial charge in [0.25, 0.3) is 0 Å². The molecule has 0 bridgehead atoms. The molecule has 2 fully saturated rings. The fourth-order valence-electron chi connectivity index (χ4n) is 2.77. The van der Waals surface area contributed by atoms with Gasteiger partial charge in [-0.25, -0.2) is 0 Å². The Morgan fingerprint density at radius 3 is 2.79 bits per heavy atom. The van der Waals surface area contributed by atoms with E-state index in [1.54, 1.807) is 0 Å². The molecule has 14 heavy (non-hydrogen) atoms. The van der Waals surface area contributed by atoms with Crippen LogP contribution in [0.5, 0.6) is 0 Å². The number of hydrogen-bond acceptors (Lipinski definition) is 2. The molecule has 0 unspecified atom stereocenters. The predicted molar refractivity (Wildman–Crippen MR) is 56.1 cm³/mol. The summed E-state index contributed by atoms with van der Waals surface area (Å²) in [6.07, 6.45) is 2.87. The van der Waals surface area contributed by atoms with Gasteiger partial charge in [0.2, 0.25) is 0 Å². The number of aliphatic hydroxyl groups is 1. The van der Waals surface area contributed by atoms with Gasteiger partial charge in [-0.3, -0.25) is 0 Å². The summed E-state index contributed by atoms with van der Waals surface area (Å²) in [6, 6.07) is 0. The van der Waals surface area contributed by atoms with Gasteiger partial charge in [0.1, 0.15) is 5.60 Å². The molecule has 1 heterocycles. The van der Waals surface area contributed by atoms with E-state index in [1.165, 1.54) is 5.57 Å². The number of hydrogen-bond donors (Lipinski definition) is 1. The maximum atomic E-state index is 10.5. The Labute approximate surface area is 86.0 Å². The number of allylic oxidation sites excluding steroid dienone is 1. The Morgan fingerprint density at radius 1 is 1.64 bits per heavy atom. The van der Waals surface area contributed by atoms with Crippen LogP contribution >= 0.6 is 0 Å². The van der Waals surface area contributed by atoms with Crippen molar-refractivity contribution in [3.63, 3.8) is 0 Å². The lowest BCUT2D eigenvalue weighted by Gasteiger charge is -2.38. The van der Waals surface area contributed by atoms with Crippen LogP contribution in [0.2, 0.25) is 0 Å². The molecule has 1 saturated heterocycles. The normalized spacial score (nSPS) is 51.1. The molecule has 4 atom stereocenters. The molecular weight excluding hydrogens is 176 g/mol. The summed E-state index contributed by atoms with van der Waals surface area (Å²) in [5, 5.41) is 10.5. The third-order valence-corrected chi connectivity index (χ3v) is 4.23. The van der Waals surface area contributed by atoms with Gasteiger partial charge in [0.05, 0.1) is 11.7 Å². The summed E-state index contributed by atoms with van der Waals surface area (Å²) < 4.78 is 5.66. The zero-order chi connectivity index (χ0) is 10.6. The van der Waals surface area contributed by atoms with E-state index in [1.807, 2.05) is 20.8 Å². The monoisotopic (exact) mass is 196 g/mol. The van der Waals surface area contributed by atoms with E-state index in [9.17, 15) is 5.11 Å². The quantitative estimate of drug-likeness (QED) is 0.543. The summed E-state index contributed by atoms with van der Waals surface area (Å²) in [4.78, 5) is 0. The summed E-state index contributed by atoms with van der Waals surface area (Å²) in [6.45, 7) is 10.1. The SMILES string of the molecule is C=C(C)[C@H]1C[C@H]2O[C@@]2(C)[C@](O)(CC)C1. The highest BCUT2D eigenvalue weighted by atomic mass is 16.6. The largest absolute Gasteiger partial charge is 0.387 e. The van der Waals surface area contributed by atoms with Gasteiger partial charge in [-0.05, 0) is 39.0 Å². The number of rotatable bonds is 2. The van der Waals surface area contributed by atoms with Crippen LogP contribution in [0, 0.1) is 5.92 Å². The van der Waals surface area contributed by atoms with Crippen LogP contribution in [-0.4, -0.2) is 22.4 Å². The number of epoxide rings is 1. The fraction of sp³-hybridized carbons (Fsp3) is 0.833. The first-order valence-corrected chi connectivity index (χ1v) is 5.48. The van der Waals surface area contributed by atoms with E-state index >= 15 is 0 Å². The van der Waals surface area contributed by atoms with Crippen molar-refractivity contribution in [1.29, 1.82) is 0 Å². The van der Waals surface area contributed by atoms with Gasteiger partial charge >= 0.3 is 0 Å². The highest BCUT2D eigenvalue weighted by Gasteiger charge is 2.67. The first-order chi connectivity index (χ1) is 6.43. The van der Waals surface area contributed by atoms with Crippen molar-refractivity contribution in [1.82, 2.24) is 0 Å². The molecule has 0 aromatic rings. The van der Waals surface area contributed by atoms with E-state index < -0.39 is 5.60 Å². The van der Waals surface area contributed by atoms with Crippen molar-refractivity contribution >= 4 is 0 Å². The lowest BCUT2D eigenvalue weighted by Crippen LogP contribution is -2.49. The van der Waals surface area contributed by atoms with Crippen LogP contribution in [0.15, 0.2) is 12.2 Å². The smallest absolute Gasteiger partial charge is 0.120 e. The zero-order valence-electron chi connectivity index (χ0n) is 9.34. The minimum Gasteiger partial charge on any atom is -0.387 e. The average Bonchev–Trinajstić information content (AvgIpc) is 2.78. The standard InChI is InChI=1S/C12H20O2/c1-5-12(13)7-9(8(2)3)6-10-11(12,4)14-10/h9-10,13H,2,5-7H2,1,3-4H3/t9-,10+,11+,12-/m0/s1. The minimum absolute atomic E-state index is 0.253. The van der Waals surface area contributed by atoms with Crippen LogP contribution < -0.4 is 0 Å². The molecule has 2 nitrogen and oxygen atoms in total. The Kier molecular flexibility index (Phi) is 2.06. The summed E-state index contributed by atoms with van der Waals surface area (Å²) >= 11 is 0. The number of fused-ring (bicyclic) bond motifs is 1. The van der Waals surface area contributed by atoms with Crippen molar-refractivity contribution < 1.29 is 9.84 Å². The molecule has 1 aliphatic carbocycles. The summed E-state index contributed by atoms with van der Waals surface area (Å²) in [7, 11) is 0. The second-order valence-electron chi connectivity index (χ2n) is 5.08. The van der Waals surface area contributed by atoms with Crippen LogP contribution in [-0.2, 0) is 4.74 Å². The Hall–Kier alpha value is -0.340. The first kappa shape index (κ1) is 10.2. The van der Waals surface area contributed by atoms with Gasteiger partial charge < -0.3 is 9.84 Å². The van der Waals surface area contributed by atoms with E-state index in [0.29, 0.717) is 5.92 Å². The molecule has 80 valence electrons. The van der Waals surface area contributed by atoms with Crippen molar-refractivity contribution in [3.8, 4) is 0 Å². The minimum atomic E-state index is -0.639. The summed E-state index contributed by atoms with van der Waals surface area (Å²) in [5.41, 5.74) is 0.266. The number of ether oxygens (including phenoxy) is 1. The van der Waals surface area contributed by atoms with E-state index in [0.717, 1.165) is 19.3 Å². The molecule has 2 rings (SSSR count). The molecule has 1 saturated carbocycles. The molecule has 1 N–H and O–H groups in total. The molecule has 0 spiro atoms. The highest BCUT2D eigenvalue weighted by molar-refractivity contribution is 5.20. The van der Waals surface area contributed by atoms with Crippen molar-refractivity contribution in [2.75, 3.05) is 0 Å². The lowest BCUT2D eigenvalue weighted by atomic mass is 9.68. The Balaban J connectivity index is 2.20. The maximum absolute atomic E-state index is 10.5. The molecule has 0 aromatic heterocycles. The van der Waals surface area contributed by atoms with Gasteiger partial charge in [-0.15, -0.1) is 0 Å². The molecule has 0 amide bonds. The molecule has 2 aliphatic rings. The van der Waals surface area contributed by atoms with Gasteiger partial charge in [0.15, 0.2) is 0 Å². The predicted octanol–water partition coefficient (Wildman–Crippen LogP) is 2.27. The molecule has 0 aromatic carbocycles. The van der Waals surface area contributed by atoms with Crippen molar-refractivity contribution in [3.05, 3.63) is 12.2 Å². The fourth-order valence-corrected chi connectivity index (χ4v) is 2.77. The Bertz CT molecular complexity index is 273. The lowest BCUT2D eigenvalue weighted by molar-refractivity contribution is -0.0540.